The van der Waals surface area contributed by atoms with E-state index in [-0.39, 0.29) is 17.5 Å². The highest BCUT2D eigenvalue weighted by Gasteiger charge is 2.55. The van der Waals surface area contributed by atoms with Crippen molar-refractivity contribution in [3.05, 3.63) is 53.2 Å². The standard InChI is InChI=1S/C36H54N2O4/c1-5-9-28-23-37-34(38-28)36(19-20-36)32(42-33(41)10-6-2)13-7-12-27-16-17-30-25(11-8-18-35(27,30)4)14-15-26-21-29(39)22-31(40)24(26)3/h14-15,23,27,29-32,39-40H,3,5-13,16-22H2,1-2,4H3,(H,37,38)/b25-14+,26-15-. The van der Waals surface area contributed by atoms with Crippen molar-refractivity contribution in [2.45, 2.75) is 147 Å². The zero-order valence-electron chi connectivity index (χ0n) is 26.3. The predicted octanol–water partition coefficient (Wildman–Crippen LogP) is 7.42. The zero-order valence-corrected chi connectivity index (χ0v) is 26.3. The molecule has 6 nitrogen and oxygen atoms in total. The average molecular weight is 579 g/mol. The molecule has 4 aliphatic rings. The fraction of sp³-hybridized carbons (Fsp3) is 0.722. The molecule has 6 atom stereocenters. The second-order valence-corrected chi connectivity index (χ2v) is 14.1. The molecular formula is C36H54N2O4. The van der Waals surface area contributed by atoms with Crippen LogP contribution in [0.1, 0.15) is 129 Å². The van der Waals surface area contributed by atoms with Crippen molar-refractivity contribution in [3.63, 3.8) is 0 Å². The zero-order chi connectivity index (χ0) is 29.9. The minimum atomic E-state index is -0.642. The van der Waals surface area contributed by atoms with E-state index in [2.05, 4.69) is 37.6 Å². The number of carbonyl (C=O) groups is 1. The second kappa shape index (κ2) is 13.2. The topological polar surface area (TPSA) is 95.4 Å². The van der Waals surface area contributed by atoms with Gasteiger partial charge in [0.05, 0.1) is 17.6 Å². The molecule has 6 unspecified atom stereocenters. The molecule has 5 rings (SSSR count). The number of aliphatic hydroxyl groups excluding tert-OH is 2. The van der Waals surface area contributed by atoms with Gasteiger partial charge in [-0.25, -0.2) is 4.98 Å². The molecule has 4 saturated carbocycles. The van der Waals surface area contributed by atoms with E-state index >= 15 is 0 Å². The summed E-state index contributed by atoms with van der Waals surface area (Å²) in [5, 5.41) is 20.4. The summed E-state index contributed by atoms with van der Waals surface area (Å²) < 4.78 is 6.21. The largest absolute Gasteiger partial charge is 0.461 e. The molecule has 0 amide bonds. The SMILES string of the molecule is C=C1/C(=C\C=C2/CCCC3(C)C(CCCC(OC(=O)CCC)C4(c5ncc(CCC)[nH]5)CC4)CCC23)CC(O)CC1O. The second-order valence-electron chi connectivity index (χ2n) is 14.1. The van der Waals surface area contributed by atoms with Crippen LogP contribution in [0.15, 0.2) is 41.6 Å². The number of fused-ring (bicyclic) bond motifs is 1. The Morgan fingerprint density at radius 1 is 1.21 bits per heavy atom. The number of aromatic nitrogens is 2. The van der Waals surface area contributed by atoms with Crippen molar-refractivity contribution in [3.8, 4) is 0 Å². The molecule has 1 aromatic rings. The maximum Gasteiger partial charge on any atom is 0.306 e. The van der Waals surface area contributed by atoms with Crippen LogP contribution in [0, 0.1) is 17.3 Å². The monoisotopic (exact) mass is 578 g/mol. The molecule has 1 heterocycles. The number of aliphatic hydroxyl groups is 2. The van der Waals surface area contributed by atoms with Gasteiger partial charge in [-0.1, -0.05) is 51.5 Å². The van der Waals surface area contributed by atoms with Crippen LogP contribution >= 0.6 is 0 Å². The lowest BCUT2D eigenvalue weighted by Crippen LogP contribution is -2.34. The Bertz CT molecular complexity index is 1180. The highest BCUT2D eigenvalue weighted by molar-refractivity contribution is 5.69. The first-order valence-electron chi connectivity index (χ1n) is 16.9. The van der Waals surface area contributed by atoms with Gasteiger partial charge in [0, 0.05) is 24.7 Å². The summed E-state index contributed by atoms with van der Waals surface area (Å²) >= 11 is 0. The van der Waals surface area contributed by atoms with Crippen molar-refractivity contribution in [2.24, 2.45) is 17.3 Å². The lowest BCUT2D eigenvalue weighted by Gasteiger charge is -2.42. The van der Waals surface area contributed by atoms with Crippen LogP contribution in [0.25, 0.3) is 0 Å². The molecule has 4 aliphatic carbocycles. The van der Waals surface area contributed by atoms with Gasteiger partial charge in [0.25, 0.3) is 0 Å². The number of hydrogen-bond acceptors (Lipinski definition) is 5. The van der Waals surface area contributed by atoms with Gasteiger partial charge in [-0.3, -0.25) is 4.79 Å². The van der Waals surface area contributed by atoms with Gasteiger partial charge in [-0.05, 0) is 112 Å². The van der Waals surface area contributed by atoms with E-state index in [4.69, 9.17) is 9.72 Å². The Hall–Kier alpha value is -2.18. The lowest BCUT2D eigenvalue weighted by atomic mass is 9.62. The molecule has 232 valence electrons. The van der Waals surface area contributed by atoms with Gasteiger partial charge in [-0.15, -0.1) is 0 Å². The van der Waals surface area contributed by atoms with Gasteiger partial charge in [0.15, 0.2) is 0 Å². The van der Waals surface area contributed by atoms with Crippen LogP contribution < -0.4 is 0 Å². The number of imidazole rings is 1. The fourth-order valence-electron chi connectivity index (χ4n) is 8.56. The Morgan fingerprint density at radius 2 is 2.02 bits per heavy atom. The molecule has 1 aromatic heterocycles. The van der Waals surface area contributed by atoms with E-state index in [9.17, 15) is 15.0 Å². The predicted molar refractivity (Wildman–Crippen MR) is 167 cm³/mol. The molecule has 0 aliphatic heterocycles. The Morgan fingerprint density at radius 3 is 2.76 bits per heavy atom. The van der Waals surface area contributed by atoms with Crippen molar-refractivity contribution < 1.29 is 19.7 Å². The Balaban J connectivity index is 1.25. The number of aromatic amines is 1. The first-order chi connectivity index (χ1) is 20.2. The van der Waals surface area contributed by atoms with Crippen LogP contribution in [0.3, 0.4) is 0 Å². The van der Waals surface area contributed by atoms with Gasteiger partial charge in [-0.2, -0.15) is 0 Å². The minimum Gasteiger partial charge on any atom is -0.461 e. The van der Waals surface area contributed by atoms with E-state index in [1.165, 1.54) is 43.4 Å². The van der Waals surface area contributed by atoms with Crippen LogP contribution in [0.2, 0.25) is 0 Å². The maximum atomic E-state index is 12.7. The molecule has 0 radical (unpaired) electrons. The van der Waals surface area contributed by atoms with Gasteiger partial charge in [0.2, 0.25) is 0 Å². The van der Waals surface area contributed by atoms with Crippen LogP contribution in [0.4, 0.5) is 0 Å². The quantitative estimate of drug-likeness (QED) is 0.224. The van der Waals surface area contributed by atoms with E-state index in [1.807, 2.05) is 13.1 Å². The number of allylic oxidation sites excluding steroid dienone is 3. The fourth-order valence-corrected chi connectivity index (χ4v) is 8.56. The summed E-state index contributed by atoms with van der Waals surface area (Å²) in [6.07, 6.45) is 20.8. The summed E-state index contributed by atoms with van der Waals surface area (Å²) in [6.45, 7) is 10.8. The highest BCUT2D eigenvalue weighted by Crippen LogP contribution is 2.59. The van der Waals surface area contributed by atoms with Crippen LogP contribution in [-0.2, 0) is 21.4 Å². The molecule has 42 heavy (non-hydrogen) atoms. The van der Waals surface area contributed by atoms with Crippen molar-refractivity contribution >= 4 is 5.97 Å². The third kappa shape index (κ3) is 6.50. The van der Waals surface area contributed by atoms with Crippen molar-refractivity contribution in [1.82, 2.24) is 9.97 Å². The molecule has 0 saturated heterocycles. The first kappa shape index (κ1) is 31.3. The van der Waals surface area contributed by atoms with Crippen molar-refractivity contribution in [1.29, 1.82) is 0 Å². The summed E-state index contributed by atoms with van der Waals surface area (Å²) in [7, 11) is 0. The smallest absolute Gasteiger partial charge is 0.306 e. The summed E-state index contributed by atoms with van der Waals surface area (Å²) in [5.41, 5.74) is 4.62. The number of nitrogens with one attached hydrogen (secondary N) is 1. The molecule has 0 spiro atoms. The number of hydrogen-bond donors (Lipinski definition) is 3. The van der Waals surface area contributed by atoms with E-state index in [0.717, 1.165) is 68.3 Å². The van der Waals surface area contributed by atoms with E-state index < -0.39 is 12.2 Å². The van der Waals surface area contributed by atoms with Gasteiger partial charge in [0.1, 0.15) is 11.9 Å². The number of rotatable bonds is 12. The number of ether oxygens (including phenoxy) is 1. The number of nitrogens with zero attached hydrogens (tertiary/aromatic N) is 1. The average Bonchev–Trinajstić information content (AvgIpc) is 3.50. The number of carbonyl (C=O) groups excluding carboxylic acids is 1. The van der Waals surface area contributed by atoms with Crippen molar-refractivity contribution in [2.75, 3.05) is 0 Å². The first-order valence-corrected chi connectivity index (χ1v) is 16.9. The third-order valence-corrected chi connectivity index (χ3v) is 11.2. The molecule has 4 fully saturated rings. The van der Waals surface area contributed by atoms with Crippen LogP contribution in [-0.4, -0.2) is 44.5 Å². The number of aryl methyl sites for hydroxylation is 1. The summed E-state index contributed by atoms with van der Waals surface area (Å²) in [6, 6.07) is 0. The van der Waals surface area contributed by atoms with Gasteiger partial charge >= 0.3 is 5.97 Å². The number of H-pyrrole nitrogens is 1. The number of esters is 1. The van der Waals surface area contributed by atoms with Gasteiger partial charge < -0.3 is 19.9 Å². The minimum absolute atomic E-state index is 0.0705. The molecule has 6 heteroatoms. The lowest BCUT2D eigenvalue weighted by molar-refractivity contribution is -0.151. The molecule has 0 bridgehead atoms. The molecule has 0 aromatic carbocycles. The Labute approximate surface area is 253 Å². The van der Waals surface area contributed by atoms with E-state index in [0.29, 0.717) is 36.5 Å². The van der Waals surface area contributed by atoms with E-state index in [1.54, 1.807) is 0 Å². The van der Waals surface area contributed by atoms with Crippen LogP contribution in [0.5, 0.6) is 0 Å². The Kier molecular flexibility index (Phi) is 9.83. The molecule has 3 N–H and O–H groups in total. The third-order valence-electron chi connectivity index (χ3n) is 11.2. The highest BCUT2D eigenvalue weighted by atomic mass is 16.5. The summed E-state index contributed by atoms with van der Waals surface area (Å²) in [5.74, 6) is 2.21. The normalized spacial score (nSPS) is 33.1. The molecular weight excluding hydrogens is 524 g/mol. The maximum absolute atomic E-state index is 12.7. The summed E-state index contributed by atoms with van der Waals surface area (Å²) in [4.78, 5) is 21.1.